The van der Waals surface area contributed by atoms with E-state index < -0.39 is 49.5 Å². The summed E-state index contributed by atoms with van der Waals surface area (Å²) >= 11 is 0. The first kappa shape index (κ1) is 19.0. The van der Waals surface area contributed by atoms with E-state index in [1.807, 2.05) is 4.98 Å². The highest BCUT2D eigenvalue weighted by Gasteiger charge is 2.47. The first-order chi connectivity index (χ1) is 11.2. The van der Waals surface area contributed by atoms with E-state index in [0.717, 1.165) is 6.20 Å². The van der Waals surface area contributed by atoms with E-state index in [-0.39, 0.29) is 12.0 Å². The summed E-state index contributed by atoms with van der Waals surface area (Å²) in [6.45, 7) is 3.33. The number of ether oxygens (including phenoxy) is 1. The third-order valence-corrected chi connectivity index (χ3v) is 4.90. The average molecular weight is 364 g/mol. The second-order valence-electron chi connectivity index (χ2n) is 5.98. The lowest BCUT2D eigenvalue weighted by Crippen LogP contribution is -2.38. The first-order valence-electron chi connectivity index (χ1n) is 7.42. The summed E-state index contributed by atoms with van der Waals surface area (Å²) in [4.78, 5) is 36.2. The number of rotatable bonds is 6. The van der Waals surface area contributed by atoms with E-state index in [4.69, 9.17) is 14.2 Å². The van der Waals surface area contributed by atoms with Gasteiger partial charge in [-0.1, -0.05) is 6.92 Å². The van der Waals surface area contributed by atoms with Gasteiger partial charge in [0.25, 0.3) is 5.56 Å². The van der Waals surface area contributed by atoms with Gasteiger partial charge in [0.05, 0.1) is 17.3 Å². The Bertz CT molecular complexity index is 718. The molecule has 1 aliphatic rings. The van der Waals surface area contributed by atoms with Gasteiger partial charge in [-0.05, 0) is 13.3 Å². The fraction of sp³-hybridized carbons (Fsp3) is 0.692. The van der Waals surface area contributed by atoms with Gasteiger partial charge in [-0.15, -0.1) is 0 Å². The lowest BCUT2D eigenvalue weighted by atomic mass is 9.92. The predicted octanol–water partition coefficient (Wildman–Crippen LogP) is -0.818. The molecule has 1 aromatic rings. The minimum Gasteiger partial charge on any atom is -0.388 e. The Hall–Kier alpha value is -1.29. The van der Waals surface area contributed by atoms with Crippen molar-refractivity contribution in [3.8, 4) is 0 Å². The van der Waals surface area contributed by atoms with Crippen LogP contribution in [0.1, 0.15) is 38.4 Å². The topological polar surface area (TPSA) is 162 Å². The Morgan fingerprint density at radius 3 is 2.58 bits per heavy atom. The molecule has 5 N–H and O–H groups in total. The van der Waals surface area contributed by atoms with Crippen LogP contribution < -0.4 is 11.2 Å². The van der Waals surface area contributed by atoms with E-state index in [0.29, 0.717) is 6.42 Å². The van der Waals surface area contributed by atoms with Crippen LogP contribution in [0.2, 0.25) is 0 Å². The standard InChI is InChI=1S/C13H21N2O8P/c1-3-13(2,23-24(20)21)4-7-8(16)9(17)10(22-7)6-5-14-12(19)15-11(6)18/h5,7-10,16-17,24H,3-4H2,1-2H3,(H,20,21)(H2,14,15,18,19)/t7?,8?,9-,10?,13?/m1/s1. The second kappa shape index (κ2) is 7.30. The first-order valence-corrected chi connectivity index (χ1v) is 8.68. The van der Waals surface area contributed by atoms with Crippen molar-refractivity contribution in [3.63, 3.8) is 0 Å². The van der Waals surface area contributed by atoms with Crippen LogP contribution in [0.15, 0.2) is 15.8 Å². The maximum Gasteiger partial charge on any atom is 0.325 e. The highest BCUT2D eigenvalue weighted by Crippen LogP contribution is 2.39. The molecule has 11 heteroatoms. The van der Waals surface area contributed by atoms with E-state index in [9.17, 15) is 24.4 Å². The number of aromatic amines is 2. The zero-order valence-electron chi connectivity index (χ0n) is 13.2. The van der Waals surface area contributed by atoms with Gasteiger partial charge < -0.3 is 29.4 Å². The van der Waals surface area contributed by atoms with Gasteiger partial charge >= 0.3 is 13.9 Å². The summed E-state index contributed by atoms with van der Waals surface area (Å²) in [5, 5.41) is 20.3. The minimum absolute atomic E-state index is 0.0292. The fourth-order valence-corrected chi connectivity index (χ4v) is 3.35. The van der Waals surface area contributed by atoms with E-state index in [2.05, 4.69) is 4.98 Å². The number of hydrogen-bond acceptors (Lipinski definition) is 7. The molecule has 0 radical (unpaired) electrons. The summed E-state index contributed by atoms with van der Waals surface area (Å²) in [5.74, 6) is 0. The van der Waals surface area contributed by atoms with E-state index >= 15 is 0 Å². The van der Waals surface area contributed by atoms with Crippen LogP contribution in [0.3, 0.4) is 0 Å². The molecule has 0 spiro atoms. The highest BCUT2D eigenvalue weighted by atomic mass is 31.1. The molecule has 5 unspecified atom stereocenters. The van der Waals surface area contributed by atoms with Crippen LogP contribution in [-0.4, -0.2) is 49.0 Å². The summed E-state index contributed by atoms with van der Waals surface area (Å²) in [6, 6.07) is 0. The normalized spacial score (nSPS) is 30.9. The van der Waals surface area contributed by atoms with Crippen LogP contribution in [0.25, 0.3) is 0 Å². The van der Waals surface area contributed by atoms with Crippen LogP contribution >= 0.6 is 8.25 Å². The van der Waals surface area contributed by atoms with Gasteiger partial charge in [0.1, 0.15) is 18.3 Å². The maximum absolute atomic E-state index is 11.8. The Balaban J connectivity index is 2.22. The number of aliphatic hydroxyl groups excluding tert-OH is 2. The van der Waals surface area contributed by atoms with Crippen molar-refractivity contribution in [2.75, 3.05) is 0 Å². The average Bonchev–Trinajstić information content (AvgIpc) is 2.75. The molecule has 0 aromatic carbocycles. The third kappa shape index (κ3) is 4.02. The van der Waals surface area contributed by atoms with Crippen LogP contribution in [0.5, 0.6) is 0 Å². The van der Waals surface area contributed by atoms with Crippen LogP contribution in [0, 0.1) is 0 Å². The number of aliphatic hydroxyl groups is 2. The number of H-pyrrole nitrogens is 2. The third-order valence-electron chi connectivity index (χ3n) is 4.23. The fourth-order valence-electron chi connectivity index (χ4n) is 2.70. The SMILES string of the molecule is CCC(C)(CC1OC(c2c[nH]c(=O)[nH]c2=O)[C@H](O)C1O)O[PH](=O)O. The summed E-state index contributed by atoms with van der Waals surface area (Å²) < 4.78 is 21.6. The van der Waals surface area contributed by atoms with Crippen molar-refractivity contribution in [3.05, 3.63) is 32.6 Å². The number of aromatic nitrogens is 2. The molecule has 1 aromatic heterocycles. The Morgan fingerprint density at radius 2 is 2.04 bits per heavy atom. The molecule has 1 fully saturated rings. The van der Waals surface area contributed by atoms with E-state index in [1.54, 1.807) is 13.8 Å². The zero-order chi connectivity index (χ0) is 18.1. The molecular formula is C13H21N2O8P. The van der Waals surface area contributed by atoms with Crippen molar-refractivity contribution in [1.29, 1.82) is 0 Å². The second-order valence-corrected chi connectivity index (χ2v) is 6.72. The zero-order valence-corrected chi connectivity index (χ0v) is 14.2. The van der Waals surface area contributed by atoms with Crippen molar-refractivity contribution in [2.45, 2.75) is 56.7 Å². The van der Waals surface area contributed by atoms with Crippen molar-refractivity contribution < 1.29 is 28.9 Å². The largest absolute Gasteiger partial charge is 0.388 e. The molecular weight excluding hydrogens is 343 g/mol. The molecule has 2 rings (SSSR count). The highest BCUT2D eigenvalue weighted by molar-refractivity contribution is 7.32. The van der Waals surface area contributed by atoms with E-state index in [1.165, 1.54) is 0 Å². The molecule has 0 saturated carbocycles. The lowest BCUT2D eigenvalue weighted by molar-refractivity contribution is -0.0447. The molecule has 0 amide bonds. The molecule has 136 valence electrons. The van der Waals surface area contributed by atoms with Gasteiger partial charge in [-0.3, -0.25) is 14.3 Å². The minimum atomic E-state index is -3.20. The molecule has 10 nitrogen and oxygen atoms in total. The summed E-state index contributed by atoms with van der Waals surface area (Å²) in [7, 11) is -3.20. The molecule has 1 aliphatic heterocycles. The van der Waals surface area contributed by atoms with Gasteiger partial charge in [0.2, 0.25) is 0 Å². The smallest absolute Gasteiger partial charge is 0.325 e. The predicted molar refractivity (Wildman–Crippen MR) is 82.9 cm³/mol. The lowest BCUT2D eigenvalue weighted by Gasteiger charge is -2.30. The van der Waals surface area contributed by atoms with Gasteiger partial charge in [-0.25, -0.2) is 4.79 Å². The van der Waals surface area contributed by atoms with Crippen molar-refractivity contribution in [1.82, 2.24) is 9.97 Å². The number of nitrogens with one attached hydrogen (secondary N) is 2. The van der Waals surface area contributed by atoms with Crippen LogP contribution in [-0.2, 0) is 13.8 Å². The Labute approximate surface area is 137 Å². The van der Waals surface area contributed by atoms with Gasteiger partial charge in [0.15, 0.2) is 0 Å². The van der Waals surface area contributed by atoms with Gasteiger partial charge in [0, 0.05) is 12.6 Å². The molecule has 1 saturated heterocycles. The summed E-state index contributed by atoms with van der Waals surface area (Å²) in [6.07, 6.45) is -3.24. The molecule has 2 heterocycles. The molecule has 24 heavy (non-hydrogen) atoms. The Morgan fingerprint density at radius 1 is 1.38 bits per heavy atom. The van der Waals surface area contributed by atoms with Crippen molar-refractivity contribution in [2.24, 2.45) is 0 Å². The number of hydrogen-bond donors (Lipinski definition) is 5. The summed E-state index contributed by atoms with van der Waals surface area (Å²) in [5.41, 5.74) is -2.50. The molecule has 0 bridgehead atoms. The Kier molecular flexibility index (Phi) is 5.79. The molecule has 0 aliphatic carbocycles. The van der Waals surface area contributed by atoms with Crippen molar-refractivity contribution >= 4 is 8.25 Å². The quantitative estimate of drug-likeness (QED) is 0.409. The van der Waals surface area contributed by atoms with Crippen LogP contribution in [0.4, 0.5) is 0 Å². The monoisotopic (exact) mass is 364 g/mol. The van der Waals surface area contributed by atoms with Gasteiger partial charge in [-0.2, -0.15) is 0 Å². The maximum atomic E-state index is 11.8. The molecule has 6 atom stereocenters.